The quantitative estimate of drug-likeness (QED) is 0.754. The zero-order valence-electron chi connectivity index (χ0n) is 15.6. The van der Waals surface area contributed by atoms with Crippen LogP contribution in [-0.4, -0.2) is 72.4 Å². The fraction of sp³-hybridized carbons (Fsp3) is 0.938. The molecule has 5 nitrogen and oxygen atoms in total. The number of nitrogens with two attached hydrogens (primary N) is 1. The Balaban J connectivity index is 0.00000312. The smallest absolute Gasteiger partial charge is 0.378 e. The molecule has 1 saturated carbocycles. The van der Waals surface area contributed by atoms with Crippen molar-refractivity contribution >= 4 is 30.7 Å². The fourth-order valence-electron chi connectivity index (χ4n) is 3.60. The first-order valence-electron chi connectivity index (χ1n) is 8.45. The van der Waals surface area contributed by atoms with Crippen LogP contribution in [0.3, 0.4) is 0 Å². The number of piperazine rings is 1. The Hall–Kier alpha value is -0.280. The summed E-state index contributed by atoms with van der Waals surface area (Å²) in [5, 5.41) is 0. The second-order valence-electron chi connectivity index (χ2n) is 7.39. The average Bonchev–Trinajstić information content (AvgIpc) is 2.52. The van der Waals surface area contributed by atoms with E-state index in [1.807, 2.05) is 20.8 Å². The van der Waals surface area contributed by atoms with Gasteiger partial charge in [0.1, 0.15) is 11.6 Å². The van der Waals surface area contributed by atoms with E-state index in [1.54, 1.807) is 4.90 Å². The number of amides is 1. The van der Waals surface area contributed by atoms with Gasteiger partial charge < -0.3 is 15.4 Å². The summed E-state index contributed by atoms with van der Waals surface area (Å²) in [6, 6.07) is -1.50. The van der Waals surface area contributed by atoms with E-state index >= 15 is 0 Å². The van der Waals surface area contributed by atoms with Crippen LogP contribution in [0.2, 0.25) is 0 Å². The lowest BCUT2D eigenvalue weighted by Gasteiger charge is -2.59. The molecule has 3 atom stereocenters. The maximum Gasteiger partial charge on any atom is 0.403 e. The van der Waals surface area contributed by atoms with Gasteiger partial charge in [-0.2, -0.15) is 13.2 Å². The zero-order chi connectivity index (χ0) is 18.3. The van der Waals surface area contributed by atoms with E-state index in [4.69, 9.17) is 10.5 Å². The first-order valence-corrected chi connectivity index (χ1v) is 8.45. The largest absolute Gasteiger partial charge is 0.403 e. The highest BCUT2D eigenvalue weighted by Crippen LogP contribution is 2.50. The Morgan fingerprint density at radius 3 is 2.12 bits per heavy atom. The molecule has 1 saturated heterocycles. The molecular weight excluding hydrogens is 394 g/mol. The van der Waals surface area contributed by atoms with Gasteiger partial charge in [-0.15, -0.1) is 24.8 Å². The molecule has 0 aromatic carbocycles. The normalized spacial score (nSPS) is 29.8. The zero-order valence-corrected chi connectivity index (χ0v) is 17.3. The molecule has 1 heterocycles. The molecule has 10 heteroatoms. The molecule has 26 heavy (non-hydrogen) atoms. The van der Waals surface area contributed by atoms with Crippen LogP contribution in [0.1, 0.15) is 34.1 Å². The third-order valence-corrected chi connectivity index (χ3v) is 5.83. The molecule has 1 aliphatic carbocycles. The number of carbonyl (C=O) groups is 1. The Morgan fingerprint density at radius 1 is 1.23 bits per heavy atom. The second kappa shape index (κ2) is 8.82. The predicted molar refractivity (Wildman–Crippen MR) is 98.9 cm³/mol. The van der Waals surface area contributed by atoms with E-state index < -0.39 is 23.2 Å². The van der Waals surface area contributed by atoms with E-state index in [9.17, 15) is 18.0 Å². The van der Waals surface area contributed by atoms with Crippen LogP contribution < -0.4 is 5.73 Å². The Kier molecular flexibility index (Phi) is 8.72. The highest BCUT2D eigenvalue weighted by atomic mass is 35.5. The number of ether oxygens (including phenoxy) is 1. The molecule has 2 rings (SSSR count). The summed E-state index contributed by atoms with van der Waals surface area (Å²) in [6.45, 7) is 8.40. The summed E-state index contributed by atoms with van der Waals surface area (Å²) < 4.78 is 44.0. The lowest BCUT2D eigenvalue weighted by molar-refractivity contribution is -0.189. The first-order chi connectivity index (χ1) is 10.9. The van der Waals surface area contributed by atoms with Gasteiger partial charge in [-0.1, -0.05) is 13.8 Å². The molecule has 0 spiro atoms. The third-order valence-electron chi connectivity index (χ3n) is 5.83. The third kappa shape index (κ3) is 4.41. The predicted octanol–water partition coefficient (Wildman–Crippen LogP) is 2.46. The van der Waals surface area contributed by atoms with Gasteiger partial charge in [0.15, 0.2) is 0 Å². The van der Waals surface area contributed by atoms with Gasteiger partial charge in [0.25, 0.3) is 0 Å². The van der Waals surface area contributed by atoms with E-state index in [0.29, 0.717) is 13.0 Å². The number of carbonyl (C=O) groups excluding carboxylic acids is 1. The summed E-state index contributed by atoms with van der Waals surface area (Å²) in [7, 11) is 0. The van der Waals surface area contributed by atoms with E-state index in [1.165, 1.54) is 4.90 Å². The summed E-state index contributed by atoms with van der Waals surface area (Å²) in [6.07, 6.45) is -3.86. The molecule has 0 aromatic rings. The minimum Gasteiger partial charge on any atom is -0.378 e. The van der Waals surface area contributed by atoms with Crippen LogP contribution in [0.15, 0.2) is 0 Å². The molecule has 2 fully saturated rings. The van der Waals surface area contributed by atoms with Crippen LogP contribution in [0, 0.1) is 5.41 Å². The Morgan fingerprint density at radius 2 is 1.73 bits per heavy atom. The number of halogens is 5. The van der Waals surface area contributed by atoms with Crippen LogP contribution >= 0.6 is 24.8 Å². The van der Waals surface area contributed by atoms with Crippen molar-refractivity contribution in [3.05, 3.63) is 0 Å². The molecule has 0 aromatic heterocycles. The Bertz CT molecular complexity index is 486. The van der Waals surface area contributed by atoms with E-state index in [-0.39, 0.29) is 63.0 Å². The molecule has 0 radical (unpaired) electrons. The molecule has 2 N–H and O–H groups in total. The van der Waals surface area contributed by atoms with Gasteiger partial charge in [-0.05, 0) is 13.8 Å². The summed E-state index contributed by atoms with van der Waals surface area (Å²) in [5.74, 6) is -0.178. The van der Waals surface area contributed by atoms with Crippen molar-refractivity contribution in [1.82, 2.24) is 9.80 Å². The highest BCUT2D eigenvalue weighted by Gasteiger charge is 2.63. The second-order valence-corrected chi connectivity index (χ2v) is 7.39. The summed E-state index contributed by atoms with van der Waals surface area (Å²) in [4.78, 5) is 15.8. The van der Waals surface area contributed by atoms with Crippen LogP contribution in [0.25, 0.3) is 0 Å². The topological polar surface area (TPSA) is 58.8 Å². The SMILES string of the molecule is CCOC1CC(N)(C(=O)N2CCN(C(C)C(F)(F)F)CC2)C1(C)C.Cl.Cl. The minimum absolute atomic E-state index is 0. The standard InChI is InChI=1S/C16H28F3N3O2.2ClH/c1-5-24-12-10-15(20,14(12,3)4)13(23)22-8-6-21(7-9-22)11(2)16(17,18)19;;/h11-12H,5-10,20H2,1-4H3;2*1H. The fourth-order valence-corrected chi connectivity index (χ4v) is 3.60. The highest BCUT2D eigenvalue weighted by molar-refractivity contribution is 5.89. The van der Waals surface area contributed by atoms with Crippen molar-refractivity contribution in [3.63, 3.8) is 0 Å². The van der Waals surface area contributed by atoms with Crippen LogP contribution in [0.4, 0.5) is 13.2 Å². The number of alkyl halides is 3. The first kappa shape index (κ1) is 25.7. The average molecular weight is 424 g/mol. The van der Waals surface area contributed by atoms with Crippen LogP contribution in [-0.2, 0) is 9.53 Å². The van der Waals surface area contributed by atoms with Gasteiger partial charge in [-0.3, -0.25) is 9.69 Å². The lowest BCUT2D eigenvalue weighted by Crippen LogP contribution is -2.76. The molecule has 3 unspecified atom stereocenters. The Labute approximate surface area is 165 Å². The minimum atomic E-state index is -4.25. The molecule has 0 bridgehead atoms. The summed E-state index contributed by atoms with van der Waals surface area (Å²) >= 11 is 0. The van der Waals surface area contributed by atoms with E-state index in [0.717, 1.165) is 6.92 Å². The maximum absolute atomic E-state index is 12.8. The van der Waals surface area contributed by atoms with Gasteiger partial charge in [0.05, 0.1) is 6.10 Å². The van der Waals surface area contributed by atoms with Crippen molar-refractivity contribution in [2.24, 2.45) is 11.1 Å². The molecule has 1 aliphatic heterocycles. The number of hydrogen-bond donors (Lipinski definition) is 1. The van der Waals surface area contributed by atoms with Crippen molar-refractivity contribution in [1.29, 1.82) is 0 Å². The lowest BCUT2D eigenvalue weighted by atomic mass is 9.54. The van der Waals surface area contributed by atoms with Crippen molar-refractivity contribution in [2.75, 3.05) is 32.8 Å². The van der Waals surface area contributed by atoms with E-state index in [2.05, 4.69) is 0 Å². The number of hydrogen-bond acceptors (Lipinski definition) is 4. The van der Waals surface area contributed by atoms with Gasteiger partial charge in [0, 0.05) is 44.6 Å². The molecule has 1 amide bonds. The van der Waals surface area contributed by atoms with Gasteiger partial charge >= 0.3 is 6.18 Å². The molecule has 156 valence electrons. The molecular formula is C16H30Cl2F3N3O2. The van der Waals surface area contributed by atoms with Crippen LogP contribution in [0.5, 0.6) is 0 Å². The number of rotatable bonds is 4. The summed E-state index contributed by atoms with van der Waals surface area (Å²) in [5.41, 5.74) is 4.88. The maximum atomic E-state index is 12.8. The monoisotopic (exact) mass is 423 g/mol. The number of nitrogens with zero attached hydrogens (tertiary/aromatic N) is 2. The van der Waals surface area contributed by atoms with Crippen molar-refractivity contribution in [2.45, 2.75) is 58.0 Å². The van der Waals surface area contributed by atoms with Crippen molar-refractivity contribution in [3.8, 4) is 0 Å². The van der Waals surface area contributed by atoms with Crippen molar-refractivity contribution < 1.29 is 22.7 Å². The van der Waals surface area contributed by atoms with Gasteiger partial charge in [0.2, 0.25) is 5.91 Å². The molecule has 2 aliphatic rings. The van der Waals surface area contributed by atoms with Gasteiger partial charge in [-0.25, -0.2) is 0 Å².